The summed E-state index contributed by atoms with van der Waals surface area (Å²) in [4.78, 5) is 0. The minimum atomic E-state index is 0.566. The van der Waals surface area contributed by atoms with Gasteiger partial charge in [-0.3, -0.25) is 0 Å². The van der Waals surface area contributed by atoms with Gasteiger partial charge in [0.2, 0.25) is 0 Å². The van der Waals surface area contributed by atoms with Gasteiger partial charge in [-0.25, -0.2) is 0 Å². The van der Waals surface area contributed by atoms with E-state index >= 15 is 0 Å². The van der Waals surface area contributed by atoms with Gasteiger partial charge in [0.05, 0.1) is 6.61 Å². The van der Waals surface area contributed by atoms with Gasteiger partial charge < -0.3 is 14.8 Å². The van der Waals surface area contributed by atoms with Crippen molar-refractivity contribution in [1.82, 2.24) is 0 Å². The van der Waals surface area contributed by atoms with Crippen LogP contribution in [0.15, 0.2) is 42.5 Å². The third-order valence-corrected chi connectivity index (χ3v) is 3.37. The van der Waals surface area contributed by atoms with E-state index in [0.717, 1.165) is 18.0 Å². The van der Waals surface area contributed by atoms with Gasteiger partial charge in [0, 0.05) is 25.4 Å². The molecule has 3 heteroatoms. The van der Waals surface area contributed by atoms with Crippen molar-refractivity contribution >= 4 is 5.69 Å². The molecule has 2 rings (SSSR count). The monoisotopic (exact) mass is 285 g/mol. The van der Waals surface area contributed by atoms with Gasteiger partial charge >= 0.3 is 0 Å². The molecule has 0 aliphatic rings. The van der Waals surface area contributed by atoms with Crippen molar-refractivity contribution in [3.05, 3.63) is 59.2 Å². The van der Waals surface area contributed by atoms with E-state index in [2.05, 4.69) is 37.4 Å². The Kier molecular flexibility index (Phi) is 5.64. The Hall–Kier alpha value is -2.00. The predicted molar refractivity (Wildman–Crippen MR) is 87.1 cm³/mol. The lowest BCUT2D eigenvalue weighted by Crippen LogP contribution is -2.05. The molecule has 0 aromatic heterocycles. The van der Waals surface area contributed by atoms with Gasteiger partial charge in [0.1, 0.15) is 12.4 Å². The first-order valence-corrected chi connectivity index (χ1v) is 7.21. The van der Waals surface area contributed by atoms with Crippen LogP contribution in [0, 0.1) is 13.8 Å². The highest BCUT2D eigenvalue weighted by atomic mass is 16.5. The molecule has 0 aliphatic heterocycles. The van der Waals surface area contributed by atoms with Crippen molar-refractivity contribution in [2.45, 2.75) is 20.4 Å². The molecule has 0 aliphatic carbocycles. The van der Waals surface area contributed by atoms with E-state index in [1.54, 1.807) is 7.11 Å². The van der Waals surface area contributed by atoms with E-state index in [1.807, 2.05) is 24.3 Å². The minimum Gasteiger partial charge on any atom is -0.491 e. The lowest BCUT2D eigenvalue weighted by Gasteiger charge is -2.11. The summed E-state index contributed by atoms with van der Waals surface area (Å²) < 4.78 is 10.6. The van der Waals surface area contributed by atoms with Crippen molar-refractivity contribution in [3.63, 3.8) is 0 Å². The lowest BCUT2D eigenvalue weighted by atomic mass is 10.1. The van der Waals surface area contributed by atoms with Gasteiger partial charge in [0.25, 0.3) is 0 Å². The molecular formula is C18H23NO2. The smallest absolute Gasteiger partial charge is 0.121 e. The highest BCUT2D eigenvalue weighted by molar-refractivity contribution is 5.49. The van der Waals surface area contributed by atoms with Crippen molar-refractivity contribution in [3.8, 4) is 5.75 Å². The molecule has 0 unspecified atom stereocenters. The maximum atomic E-state index is 5.61. The van der Waals surface area contributed by atoms with Gasteiger partial charge in [0.15, 0.2) is 0 Å². The molecule has 0 heterocycles. The van der Waals surface area contributed by atoms with E-state index in [-0.39, 0.29) is 0 Å². The molecule has 0 bridgehead atoms. The quantitative estimate of drug-likeness (QED) is 0.782. The lowest BCUT2D eigenvalue weighted by molar-refractivity contribution is 0.146. The van der Waals surface area contributed by atoms with Crippen LogP contribution in [0.25, 0.3) is 0 Å². The van der Waals surface area contributed by atoms with Crippen LogP contribution in [-0.2, 0) is 11.3 Å². The summed E-state index contributed by atoms with van der Waals surface area (Å²) in [5.74, 6) is 0.859. The molecule has 0 spiro atoms. The standard InChI is InChI=1S/C18H23NO2/c1-14-7-8-16(15(2)11-14)13-19-17-5-4-6-18(12-17)21-10-9-20-3/h4-8,11-12,19H,9-10,13H2,1-3H3. The van der Waals surface area contributed by atoms with E-state index in [4.69, 9.17) is 9.47 Å². The number of hydrogen-bond acceptors (Lipinski definition) is 3. The van der Waals surface area contributed by atoms with Gasteiger partial charge in [-0.05, 0) is 37.1 Å². The Bertz CT molecular complexity index is 581. The molecule has 0 atom stereocenters. The summed E-state index contributed by atoms with van der Waals surface area (Å²) in [7, 11) is 1.67. The summed E-state index contributed by atoms with van der Waals surface area (Å²) in [6.45, 7) is 6.24. The number of rotatable bonds is 7. The summed E-state index contributed by atoms with van der Waals surface area (Å²) in [6.07, 6.45) is 0. The maximum Gasteiger partial charge on any atom is 0.121 e. The maximum absolute atomic E-state index is 5.61. The number of ether oxygens (including phenoxy) is 2. The number of anilines is 1. The molecular weight excluding hydrogens is 262 g/mol. The van der Waals surface area contributed by atoms with Crippen LogP contribution >= 0.6 is 0 Å². The minimum absolute atomic E-state index is 0.566. The first-order chi connectivity index (χ1) is 10.2. The SMILES string of the molecule is COCCOc1cccc(NCc2ccc(C)cc2C)c1. The van der Waals surface area contributed by atoms with E-state index in [0.29, 0.717) is 13.2 Å². The van der Waals surface area contributed by atoms with Crippen molar-refractivity contribution < 1.29 is 9.47 Å². The Labute approximate surface area is 126 Å². The Morgan fingerprint density at radius 1 is 1.00 bits per heavy atom. The largest absolute Gasteiger partial charge is 0.491 e. The van der Waals surface area contributed by atoms with Crippen LogP contribution in [0.4, 0.5) is 5.69 Å². The second kappa shape index (κ2) is 7.70. The Morgan fingerprint density at radius 2 is 1.86 bits per heavy atom. The first-order valence-electron chi connectivity index (χ1n) is 7.21. The third-order valence-electron chi connectivity index (χ3n) is 3.37. The second-order valence-electron chi connectivity index (χ2n) is 5.15. The average Bonchev–Trinajstić information content (AvgIpc) is 2.47. The fourth-order valence-corrected chi connectivity index (χ4v) is 2.18. The van der Waals surface area contributed by atoms with Crippen molar-refractivity contribution in [2.75, 3.05) is 25.6 Å². The van der Waals surface area contributed by atoms with Crippen LogP contribution in [0.5, 0.6) is 5.75 Å². The highest BCUT2D eigenvalue weighted by Crippen LogP contribution is 2.19. The normalized spacial score (nSPS) is 10.4. The molecule has 2 aromatic rings. The Morgan fingerprint density at radius 3 is 2.62 bits per heavy atom. The zero-order valence-corrected chi connectivity index (χ0v) is 13.0. The second-order valence-corrected chi connectivity index (χ2v) is 5.15. The number of hydrogen-bond donors (Lipinski definition) is 1. The number of benzene rings is 2. The molecule has 21 heavy (non-hydrogen) atoms. The highest BCUT2D eigenvalue weighted by Gasteiger charge is 2.00. The fraction of sp³-hybridized carbons (Fsp3) is 0.333. The molecule has 3 nitrogen and oxygen atoms in total. The average molecular weight is 285 g/mol. The molecule has 0 fully saturated rings. The topological polar surface area (TPSA) is 30.5 Å². The molecule has 0 saturated heterocycles. The van der Waals surface area contributed by atoms with E-state index < -0.39 is 0 Å². The van der Waals surface area contributed by atoms with Gasteiger partial charge in [-0.1, -0.05) is 29.8 Å². The molecule has 0 amide bonds. The van der Waals surface area contributed by atoms with Crippen molar-refractivity contribution in [2.24, 2.45) is 0 Å². The third kappa shape index (κ3) is 4.80. The number of nitrogens with one attached hydrogen (secondary N) is 1. The zero-order valence-electron chi connectivity index (χ0n) is 13.0. The molecule has 2 aromatic carbocycles. The van der Waals surface area contributed by atoms with Crippen LogP contribution in [0.3, 0.4) is 0 Å². The van der Waals surface area contributed by atoms with Crippen LogP contribution in [-0.4, -0.2) is 20.3 Å². The zero-order chi connectivity index (χ0) is 15.1. The molecule has 112 valence electrons. The number of aryl methyl sites for hydroxylation is 2. The number of methoxy groups -OCH3 is 1. The van der Waals surface area contributed by atoms with Crippen LogP contribution in [0.2, 0.25) is 0 Å². The summed E-state index contributed by atoms with van der Waals surface area (Å²) in [6, 6.07) is 14.5. The van der Waals surface area contributed by atoms with Crippen LogP contribution in [0.1, 0.15) is 16.7 Å². The first kappa shape index (κ1) is 15.4. The van der Waals surface area contributed by atoms with Gasteiger partial charge in [-0.15, -0.1) is 0 Å². The Balaban J connectivity index is 1.95. The summed E-state index contributed by atoms with van der Waals surface area (Å²) in [5, 5.41) is 3.44. The molecule has 0 radical (unpaired) electrons. The molecule has 1 N–H and O–H groups in total. The van der Waals surface area contributed by atoms with Gasteiger partial charge in [-0.2, -0.15) is 0 Å². The van der Waals surface area contributed by atoms with Crippen LogP contribution < -0.4 is 10.1 Å². The summed E-state index contributed by atoms with van der Waals surface area (Å²) in [5.41, 5.74) is 4.98. The summed E-state index contributed by atoms with van der Waals surface area (Å²) >= 11 is 0. The fourth-order valence-electron chi connectivity index (χ4n) is 2.18. The predicted octanol–water partition coefficient (Wildman–Crippen LogP) is 3.94. The van der Waals surface area contributed by atoms with Crippen molar-refractivity contribution in [1.29, 1.82) is 0 Å². The molecule has 0 saturated carbocycles. The van der Waals surface area contributed by atoms with E-state index in [9.17, 15) is 0 Å². The van der Waals surface area contributed by atoms with E-state index in [1.165, 1.54) is 16.7 Å².